The number of hydrogen-bond acceptors (Lipinski definition) is 5. The monoisotopic (exact) mass is 705 g/mol. The Bertz CT molecular complexity index is 843. The number of carboxylic acids is 1. The molecule has 0 aliphatic heterocycles. The molecule has 7 nitrogen and oxygen atoms in total. The summed E-state index contributed by atoms with van der Waals surface area (Å²) in [6.07, 6.45) is 42.4. The van der Waals surface area contributed by atoms with Crippen molar-refractivity contribution in [3.8, 4) is 0 Å². The summed E-state index contributed by atoms with van der Waals surface area (Å²) in [5.41, 5.74) is 5.47. The van der Waals surface area contributed by atoms with Crippen LogP contribution in [0.15, 0.2) is 24.3 Å². The maximum atomic E-state index is 12.7. The van der Waals surface area contributed by atoms with Crippen LogP contribution in [-0.4, -0.2) is 41.6 Å². The average molecular weight is 705 g/mol. The molecular weight excluding hydrogens is 624 g/mol. The normalized spacial score (nSPS) is 12.9. The smallest absolute Gasteiger partial charge is 0.326 e. The third kappa shape index (κ3) is 34.3. The number of carbonyl (C=O) groups is 3. The van der Waals surface area contributed by atoms with Crippen LogP contribution in [-0.2, 0) is 19.1 Å². The molecule has 2 atom stereocenters. The Hall–Kier alpha value is -2.15. The van der Waals surface area contributed by atoms with Gasteiger partial charge in [0.15, 0.2) is 0 Å². The fourth-order valence-corrected chi connectivity index (χ4v) is 6.28. The number of carbonyl (C=O) groups excluding carboxylic acids is 2. The van der Waals surface area contributed by atoms with Crippen LogP contribution in [0.25, 0.3) is 0 Å². The molecule has 0 aliphatic carbocycles. The first-order valence-electron chi connectivity index (χ1n) is 21.2. The van der Waals surface area contributed by atoms with Gasteiger partial charge in [-0.05, 0) is 70.4 Å². The molecule has 0 rings (SSSR count). The van der Waals surface area contributed by atoms with Gasteiger partial charge < -0.3 is 20.9 Å². The molecule has 0 radical (unpaired) electrons. The molecule has 0 bridgehead atoms. The van der Waals surface area contributed by atoms with Gasteiger partial charge in [-0.1, -0.05) is 160 Å². The summed E-state index contributed by atoms with van der Waals surface area (Å²) in [5, 5.41) is 11.9. The summed E-state index contributed by atoms with van der Waals surface area (Å²) in [6.45, 7) is 4.92. The minimum absolute atomic E-state index is 0.0727. The Labute approximate surface area is 308 Å². The van der Waals surface area contributed by atoms with Crippen LogP contribution < -0.4 is 11.1 Å². The van der Waals surface area contributed by atoms with Crippen LogP contribution in [0.4, 0.5) is 0 Å². The van der Waals surface area contributed by atoms with E-state index in [1.807, 2.05) is 0 Å². The summed E-state index contributed by atoms with van der Waals surface area (Å²) in [6, 6.07) is -0.854. The predicted molar refractivity (Wildman–Crippen MR) is 211 cm³/mol. The number of rotatable bonds is 38. The van der Waals surface area contributed by atoms with Crippen molar-refractivity contribution in [3.05, 3.63) is 24.3 Å². The lowest BCUT2D eigenvalue weighted by Crippen LogP contribution is -2.40. The molecule has 0 aliphatic rings. The van der Waals surface area contributed by atoms with Crippen molar-refractivity contribution in [1.29, 1.82) is 0 Å². The molecule has 292 valence electrons. The minimum Gasteiger partial charge on any atom is -0.480 e. The average Bonchev–Trinajstić information content (AvgIpc) is 3.10. The second-order valence-electron chi connectivity index (χ2n) is 14.4. The van der Waals surface area contributed by atoms with E-state index in [1.54, 1.807) is 0 Å². The van der Waals surface area contributed by atoms with E-state index in [9.17, 15) is 19.5 Å². The first-order chi connectivity index (χ1) is 24.4. The third-order valence-electron chi connectivity index (χ3n) is 9.50. The van der Waals surface area contributed by atoms with Crippen molar-refractivity contribution in [3.63, 3.8) is 0 Å². The van der Waals surface area contributed by atoms with Crippen molar-refractivity contribution >= 4 is 17.8 Å². The standard InChI is InChI=1S/C43H80N2O5/c1-3-5-7-9-11-13-14-15-16-17-19-21-27-31-37-42(47)50-39(33-28-24-20-18-12-10-8-6-4-2)34-29-25-22-23-26-30-36-41(46)45-40(43(48)49)35-32-38-44/h18,20,28,33,39-40H,3-17,19,21-27,29-32,34-38,44H2,1-2H3,(H,45,46)(H,48,49)/b20-18-,33-28-. The third-order valence-corrected chi connectivity index (χ3v) is 9.50. The maximum Gasteiger partial charge on any atom is 0.326 e. The lowest BCUT2D eigenvalue weighted by molar-refractivity contribution is -0.147. The second kappa shape index (κ2) is 38.1. The van der Waals surface area contributed by atoms with E-state index in [0.29, 0.717) is 32.2 Å². The van der Waals surface area contributed by atoms with Gasteiger partial charge in [-0.25, -0.2) is 4.79 Å². The van der Waals surface area contributed by atoms with Gasteiger partial charge in [0.05, 0.1) is 0 Å². The van der Waals surface area contributed by atoms with Gasteiger partial charge in [0.1, 0.15) is 12.1 Å². The van der Waals surface area contributed by atoms with Crippen LogP contribution in [0, 0.1) is 0 Å². The van der Waals surface area contributed by atoms with Crippen LogP contribution in [0.1, 0.15) is 213 Å². The van der Waals surface area contributed by atoms with Crippen molar-refractivity contribution in [2.45, 2.75) is 225 Å². The molecule has 2 unspecified atom stereocenters. The lowest BCUT2D eigenvalue weighted by atomic mass is 10.0. The van der Waals surface area contributed by atoms with E-state index in [-0.39, 0.29) is 18.0 Å². The number of nitrogens with one attached hydrogen (secondary N) is 1. The molecule has 0 spiro atoms. The molecule has 50 heavy (non-hydrogen) atoms. The highest BCUT2D eigenvalue weighted by molar-refractivity contribution is 5.83. The van der Waals surface area contributed by atoms with Gasteiger partial charge in [-0.3, -0.25) is 9.59 Å². The van der Waals surface area contributed by atoms with Crippen LogP contribution >= 0.6 is 0 Å². The first kappa shape index (κ1) is 47.8. The largest absolute Gasteiger partial charge is 0.480 e. The number of amides is 1. The van der Waals surface area contributed by atoms with E-state index in [1.165, 1.54) is 103 Å². The number of hydrogen-bond donors (Lipinski definition) is 3. The SMILES string of the molecule is CCCCCC/C=C\C/C=C\C(CCCCCCCCC(=O)NC(CCCN)C(=O)O)OC(=O)CCCCCCCCCCCCCCCC. The Morgan fingerprint density at radius 2 is 1.10 bits per heavy atom. The number of unbranched alkanes of at least 4 members (excludes halogenated alkanes) is 22. The van der Waals surface area contributed by atoms with Gasteiger partial charge in [0.2, 0.25) is 5.91 Å². The van der Waals surface area contributed by atoms with Gasteiger partial charge >= 0.3 is 11.9 Å². The zero-order chi connectivity index (χ0) is 36.8. The highest BCUT2D eigenvalue weighted by Gasteiger charge is 2.18. The quantitative estimate of drug-likeness (QED) is 0.0334. The highest BCUT2D eigenvalue weighted by atomic mass is 16.5. The lowest BCUT2D eigenvalue weighted by Gasteiger charge is -2.15. The van der Waals surface area contributed by atoms with E-state index in [4.69, 9.17) is 10.5 Å². The molecule has 7 heteroatoms. The number of nitrogens with two attached hydrogens (primary N) is 1. The van der Waals surface area contributed by atoms with Gasteiger partial charge in [-0.15, -0.1) is 0 Å². The topological polar surface area (TPSA) is 119 Å². The fourth-order valence-electron chi connectivity index (χ4n) is 6.28. The summed E-state index contributed by atoms with van der Waals surface area (Å²) in [4.78, 5) is 36.2. The van der Waals surface area contributed by atoms with E-state index in [0.717, 1.165) is 70.6 Å². The minimum atomic E-state index is -1.00. The number of aliphatic carboxylic acids is 1. The maximum absolute atomic E-state index is 12.7. The Morgan fingerprint density at radius 1 is 0.600 bits per heavy atom. The Kier molecular flexibility index (Phi) is 36.5. The van der Waals surface area contributed by atoms with Gasteiger partial charge in [0.25, 0.3) is 0 Å². The van der Waals surface area contributed by atoms with Crippen LogP contribution in [0.3, 0.4) is 0 Å². The molecule has 4 N–H and O–H groups in total. The fraction of sp³-hybridized carbons (Fsp3) is 0.837. The van der Waals surface area contributed by atoms with Crippen molar-refractivity contribution in [1.82, 2.24) is 5.32 Å². The zero-order valence-corrected chi connectivity index (χ0v) is 32.7. The van der Waals surface area contributed by atoms with Crippen LogP contribution in [0.2, 0.25) is 0 Å². The summed E-state index contributed by atoms with van der Waals surface area (Å²) >= 11 is 0. The molecule has 0 saturated carbocycles. The summed E-state index contributed by atoms with van der Waals surface area (Å²) < 4.78 is 5.94. The molecule has 0 aromatic rings. The Morgan fingerprint density at radius 3 is 1.64 bits per heavy atom. The molecule has 0 saturated heterocycles. The predicted octanol–water partition coefficient (Wildman–Crippen LogP) is 11.7. The Balaban J connectivity index is 4.30. The van der Waals surface area contributed by atoms with Crippen molar-refractivity contribution in [2.75, 3.05) is 6.54 Å². The van der Waals surface area contributed by atoms with E-state index < -0.39 is 12.0 Å². The second-order valence-corrected chi connectivity index (χ2v) is 14.4. The molecule has 0 aromatic carbocycles. The van der Waals surface area contributed by atoms with Gasteiger partial charge in [0, 0.05) is 12.8 Å². The first-order valence-corrected chi connectivity index (χ1v) is 21.2. The molecule has 0 fully saturated rings. The highest BCUT2D eigenvalue weighted by Crippen LogP contribution is 2.16. The molecule has 0 aromatic heterocycles. The molecule has 1 amide bonds. The number of carboxylic acid groups (broad SMARTS) is 1. The number of allylic oxidation sites excluding steroid dienone is 3. The van der Waals surface area contributed by atoms with E-state index >= 15 is 0 Å². The van der Waals surface area contributed by atoms with E-state index in [2.05, 4.69) is 43.5 Å². The molecular formula is C43H80N2O5. The number of ether oxygens (including phenoxy) is 1. The number of esters is 1. The summed E-state index contributed by atoms with van der Waals surface area (Å²) in [7, 11) is 0. The van der Waals surface area contributed by atoms with Crippen LogP contribution in [0.5, 0.6) is 0 Å². The summed E-state index contributed by atoms with van der Waals surface area (Å²) in [5.74, 6) is -1.28. The van der Waals surface area contributed by atoms with Gasteiger partial charge in [-0.2, -0.15) is 0 Å². The molecule has 0 heterocycles. The van der Waals surface area contributed by atoms with Crippen molar-refractivity contribution < 1.29 is 24.2 Å². The zero-order valence-electron chi connectivity index (χ0n) is 32.7. The van der Waals surface area contributed by atoms with Crippen molar-refractivity contribution in [2.24, 2.45) is 5.73 Å².